The molecule has 0 saturated carbocycles. The Morgan fingerprint density at radius 3 is 2.23 bits per heavy atom. The molecule has 156 valence electrons. The van der Waals surface area contributed by atoms with Crippen molar-refractivity contribution in [3.8, 4) is 0 Å². The molecule has 4 rings (SSSR count). The van der Waals surface area contributed by atoms with E-state index in [-0.39, 0.29) is 0 Å². The van der Waals surface area contributed by atoms with Gasteiger partial charge in [-0.3, -0.25) is 5.10 Å². The van der Waals surface area contributed by atoms with Crippen molar-refractivity contribution in [2.24, 2.45) is 5.10 Å². The molecule has 0 amide bonds. The van der Waals surface area contributed by atoms with Gasteiger partial charge >= 0.3 is 0 Å². The number of hydrogen-bond donors (Lipinski definition) is 1. The normalized spacial score (nSPS) is 11.1. The van der Waals surface area contributed by atoms with Crippen molar-refractivity contribution in [3.05, 3.63) is 112 Å². The molecule has 0 saturated heterocycles. The Balaban J connectivity index is 1.48. The van der Waals surface area contributed by atoms with Crippen molar-refractivity contribution in [1.29, 1.82) is 0 Å². The van der Waals surface area contributed by atoms with E-state index in [1.165, 1.54) is 11.3 Å². The van der Waals surface area contributed by atoms with E-state index in [4.69, 9.17) is 12.2 Å². The predicted molar refractivity (Wildman–Crippen MR) is 129 cm³/mol. The summed E-state index contributed by atoms with van der Waals surface area (Å²) in [6, 6.07) is 29.1. The smallest absolute Gasteiger partial charge is 0.216 e. The van der Waals surface area contributed by atoms with Gasteiger partial charge in [0.25, 0.3) is 0 Å². The zero-order valence-corrected chi connectivity index (χ0v) is 18.3. The molecule has 0 atom stereocenters. The quantitative estimate of drug-likeness (QED) is 0.301. The summed E-state index contributed by atoms with van der Waals surface area (Å²) in [5, 5.41) is 11.8. The Morgan fingerprint density at radius 1 is 0.935 bits per heavy atom. The first-order valence-electron chi connectivity index (χ1n) is 10.4. The van der Waals surface area contributed by atoms with E-state index in [1.54, 1.807) is 4.68 Å². The molecule has 6 heteroatoms. The van der Waals surface area contributed by atoms with Crippen molar-refractivity contribution in [1.82, 2.24) is 14.9 Å². The molecule has 31 heavy (non-hydrogen) atoms. The summed E-state index contributed by atoms with van der Waals surface area (Å²) in [7, 11) is 0. The van der Waals surface area contributed by atoms with Crippen LogP contribution in [0.3, 0.4) is 0 Å². The average molecular weight is 428 g/mol. The Morgan fingerprint density at radius 2 is 1.58 bits per heavy atom. The molecule has 4 aromatic rings. The van der Waals surface area contributed by atoms with E-state index >= 15 is 0 Å². The number of aromatic amines is 1. The largest absolute Gasteiger partial charge is 0.367 e. The number of nitrogens with zero attached hydrogens (tertiary/aromatic N) is 4. The lowest BCUT2D eigenvalue weighted by Gasteiger charge is -2.23. The third-order valence-electron chi connectivity index (χ3n) is 5.10. The Labute approximate surface area is 187 Å². The van der Waals surface area contributed by atoms with Crippen LogP contribution in [0, 0.1) is 4.77 Å². The van der Waals surface area contributed by atoms with Crippen LogP contribution in [0.25, 0.3) is 0 Å². The second-order valence-electron chi connectivity index (χ2n) is 7.26. The maximum Gasteiger partial charge on any atom is 0.216 e. The molecule has 3 aromatic carbocycles. The fraction of sp³-hybridized carbons (Fsp3) is 0.160. The molecule has 0 fully saturated rings. The minimum Gasteiger partial charge on any atom is -0.367 e. The number of rotatable bonds is 8. The van der Waals surface area contributed by atoms with Gasteiger partial charge in [0, 0.05) is 25.2 Å². The van der Waals surface area contributed by atoms with Gasteiger partial charge in [-0.1, -0.05) is 72.8 Å². The summed E-state index contributed by atoms with van der Waals surface area (Å²) in [4.78, 5) is 2.35. The second kappa shape index (κ2) is 10.00. The van der Waals surface area contributed by atoms with Gasteiger partial charge in [0.1, 0.15) is 0 Å². The summed E-state index contributed by atoms with van der Waals surface area (Å²) in [5.74, 6) is 0.782. The highest BCUT2D eigenvalue weighted by molar-refractivity contribution is 7.71. The van der Waals surface area contributed by atoms with Gasteiger partial charge in [0.05, 0.1) is 6.21 Å². The Hall–Kier alpha value is -3.51. The zero-order chi connectivity index (χ0) is 21.5. The Bertz CT molecular complexity index is 1180. The molecular formula is C25H25N5S. The van der Waals surface area contributed by atoms with Crippen LogP contribution in [0.2, 0.25) is 0 Å². The first-order chi connectivity index (χ1) is 15.2. The first kappa shape index (κ1) is 20.8. The molecule has 0 bridgehead atoms. The molecule has 1 heterocycles. The molecular weight excluding hydrogens is 402 g/mol. The fourth-order valence-electron chi connectivity index (χ4n) is 3.42. The van der Waals surface area contributed by atoms with E-state index in [1.807, 2.05) is 30.5 Å². The third kappa shape index (κ3) is 5.35. The van der Waals surface area contributed by atoms with Crippen LogP contribution in [0.15, 0.2) is 90.0 Å². The first-order valence-corrected chi connectivity index (χ1v) is 10.8. The van der Waals surface area contributed by atoms with Gasteiger partial charge in [0.2, 0.25) is 4.77 Å². The van der Waals surface area contributed by atoms with Gasteiger partial charge in [-0.2, -0.15) is 14.9 Å². The van der Waals surface area contributed by atoms with Crippen molar-refractivity contribution in [2.75, 3.05) is 11.4 Å². The van der Waals surface area contributed by atoms with Gasteiger partial charge in [-0.05, 0) is 48.0 Å². The molecule has 0 aliphatic rings. The lowest BCUT2D eigenvalue weighted by molar-refractivity contribution is 0.792. The van der Waals surface area contributed by atoms with Gasteiger partial charge < -0.3 is 4.90 Å². The highest BCUT2D eigenvalue weighted by Gasteiger charge is 2.07. The second-order valence-corrected chi connectivity index (χ2v) is 7.64. The number of nitrogens with one attached hydrogen (secondary N) is 1. The molecule has 0 aliphatic heterocycles. The number of hydrogen-bond acceptors (Lipinski definition) is 4. The molecule has 0 aliphatic carbocycles. The highest BCUT2D eigenvalue weighted by atomic mass is 32.1. The molecule has 0 unspecified atom stereocenters. The van der Waals surface area contributed by atoms with Gasteiger partial charge in [-0.15, -0.1) is 0 Å². The topological polar surface area (TPSA) is 49.2 Å². The summed E-state index contributed by atoms with van der Waals surface area (Å²) in [5.41, 5.74) is 4.66. The van der Waals surface area contributed by atoms with Crippen molar-refractivity contribution >= 4 is 24.1 Å². The minimum atomic E-state index is 0.485. The standard InChI is InChI=1S/C25H25N5S/c1-2-29(19-22-11-7-4-8-12-22)23-15-13-21(14-16-23)18-26-30-24(27-28-25(30)31)17-20-9-5-3-6-10-20/h3-16,18H,2,17,19H2,1H3,(H,28,31)/b26-18-. The number of H-pyrrole nitrogens is 1. The minimum absolute atomic E-state index is 0.485. The molecule has 0 spiro atoms. The monoisotopic (exact) mass is 427 g/mol. The van der Waals surface area contributed by atoms with E-state index < -0.39 is 0 Å². The van der Waals surface area contributed by atoms with Crippen molar-refractivity contribution in [3.63, 3.8) is 0 Å². The van der Waals surface area contributed by atoms with E-state index in [9.17, 15) is 0 Å². The SMILES string of the molecule is CCN(Cc1ccccc1)c1ccc(/C=N\n2c(Cc3ccccc3)n[nH]c2=S)cc1. The van der Waals surface area contributed by atoms with E-state index in [0.29, 0.717) is 11.2 Å². The lowest BCUT2D eigenvalue weighted by Crippen LogP contribution is -2.21. The summed E-state index contributed by atoms with van der Waals surface area (Å²) < 4.78 is 2.17. The maximum absolute atomic E-state index is 5.36. The zero-order valence-electron chi connectivity index (χ0n) is 17.5. The van der Waals surface area contributed by atoms with Crippen LogP contribution in [0.1, 0.15) is 29.4 Å². The molecule has 1 aromatic heterocycles. The number of benzene rings is 3. The molecule has 1 N–H and O–H groups in total. The van der Waals surface area contributed by atoms with Crippen LogP contribution in [0.4, 0.5) is 5.69 Å². The predicted octanol–water partition coefficient (Wildman–Crippen LogP) is 5.44. The van der Waals surface area contributed by atoms with Crippen molar-refractivity contribution < 1.29 is 0 Å². The van der Waals surface area contributed by atoms with Crippen LogP contribution < -0.4 is 4.90 Å². The summed E-state index contributed by atoms with van der Waals surface area (Å²) in [6.07, 6.45) is 2.48. The van der Waals surface area contributed by atoms with Crippen LogP contribution >= 0.6 is 12.2 Å². The van der Waals surface area contributed by atoms with Crippen LogP contribution in [0.5, 0.6) is 0 Å². The maximum atomic E-state index is 5.36. The number of anilines is 1. The lowest BCUT2D eigenvalue weighted by atomic mass is 10.1. The average Bonchev–Trinajstić information content (AvgIpc) is 3.16. The van der Waals surface area contributed by atoms with Gasteiger partial charge in [-0.25, -0.2) is 0 Å². The van der Waals surface area contributed by atoms with Gasteiger partial charge in [0.15, 0.2) is 5.82 Å². The Kier molecular flexibility index (Phi) is 6.69. The highest BCUT2D eigenvalue weighted by Crippen LogP contribution is 2.18. The molecule has 0 radical (unpaired) electrons. The van der Waals surface area contributed by atoms with E-state index in [0.717, 1.165) is 30.0 Å². The third-order valence-corrected chi connectivity index (χ3v) is 5.37. The van der Waals surface area contributed by atoms with Crippen molar-refractivity contribution in [2.45, 2.75) is 19.9 Å². The number of aromatic nitrogens is 3. The summed E-state index contributed by atoms with van der Waals surface area (Å²) >= 11 is 5.36. The fourth-order valence-corrected chi connectivity index (χ4v) is 3.62. The molecule has 5 nitrogen and oxygen atoms in total. The van der Waals surface area contributed by atoms with E-state index in [2.05, 4.69) is 87.8 Å². The summed E-state index contributed by atoms with van der Waals surface area (Å²) in [6.45, 7) is 4.00. The van der Waals surface area contributed by atoms with Crippen LogP contribution in [-0.2, 0) is 13.0 Å². The van der Waals surface area contributed by atoms with Crippen LogP contribution in [-0.4, -0.2) is 27.6 Å².